The van der Waals surface area contributed by atoms with Crippen LogP contribution in [-0.4, -0.2) is 46.1 Å². The van der Waals surface area contributed by atoms with Crippen LogP contribution in [0.15, 0.2) is 12.2 Å². The Morgan fingerprint density at radius 3 is 2.60 bits per heavy atom. The molecule has 6 heteroatoms. The van der Waals surface area contributed by atoms with E-state index < -0.39 is 11.0 Å². The maximum absolute atomic E-state index is 12.7. The second-order valence-electron chi connectivity index (χ2n) is 11.0. The van der Waals surface area contributed by atoms with E-state index in [1.165, 1.54) is 6.92 Å². The topological polar surface area (TPSA) is 76.1 Å². The summed E-state index contributed by atoms with van der Waals surface area (Å²) in [4.78, 5) is 24.2. The summed E-state index contributed by atoms with van der Waals surface area (Å²) >= 11 is 5.90. The Morgan fingerprint density at radius 1 is 1.23 bits per heavy atom. The summed E-state index contributed by atoms with van der Waals surface area (Å²) in [7, 11) is 0. The van der Waals surface area contributed by atoms with E-state index in [-0.39, 0.29) is 46.8 Å². The molecule has 0 aromatic carbocycles. The Balaban J connectivity index is 1.46. The number of fused-ring (bicyclic) bond motifs is 4. The van der Waals surface area contributed by atoms with Crippen LogP contribution >= 0.6 is 11.6 Å². The number of hydrogen-bond donors (Lipinski definition) is 1. The lowest BCUT2D eigenvalue weighted by molar-refractivity contribution is -0.167. The Hall–Kier alpha value is -0.910. The first-order chi connectivity index (χ1) is 14.0. The average molecular weight is 437 g/mol. The SMILES string of the molecule is C=C1C[C@H]2[C@@H]3CC4OC45C[C@@H](OC(C)=O)CC[C@]5(C)[C@H]3CC[C@]2(C)[C@@]1(O)C(=O)CCl. The number of epoxide rings is 1. The zero-order chi connectivity index (χ0) is 21.7. The van der Waals surface area contributed by atoms with Crippen LogP contribution in [0.2, 0.25) is 0 Å². The number of alkyl halides is 1. The molecule has 166 valence electrons. The Bertz CT molecular complexity index is 826. The van der Waals surface area contributed by atoms with Crippen LogP contribution in [0.1, 0.15) is 65.7 Å². The van der Waals surface area contributed by atoms with Crippen molar-refractivity contribution in [2.45, 2.75) is 89.1 Å². The number of ether oxygens (including phenoxy) is 2. The smallest absolute Gasteiger partial charge is 0.302 e. The molecule has 0 bridgehead atoms. The molecule has 4 aliphatic carbocycles. The van der Waals surface area contributed by atoms with E-state index >= 15 is 0 Å². The number of aliphatic hydroxyl groups is 1. The fourth-order valence-corrected chi connectivity index (χ4v) is 8.74. The van der Waals surface area contributed by atoms with Crippen molar-refractivity contribution in [3.05, 3.63) is 12.2 Å². The summed E-state index contributed by atoms with van der Waals surface area (Å²) in [6.45, 7) is 10.1. The standard InChI is InChI=1S/C24H33ClO5/c1-13-9-18-16-10-20-23(30-20)11-15(29-14(2)26)5-7-21(23,3)17(16)6-8-22(18,4)24(13,28)19(27)12-25/h15-18,20,28H,1,5-12H2,2-4H3/t15-,16+,17-,18-,20?,21+,22-,23?,24-/m0/s1. The highest BCUT2D eigenvalue weighted by Crippen LogP contribution is 2.74. The van der Waals surface area contributed by atoms with Crippen molar-refractivity contribution in [3.8, 4) is 0 Å². The highest BCUT2D eigenvalue weighted by Gasteiger charge is 2.77. The van der Waals surface area contributed by atoms with Crippen LogP contribution in [0, 0.1) is 28.6 Å². The molecule has 0 aromatic rings. The number of Topliss-reactive ketones (excluding diaryl/α,β-unsaturated/α-hetero) is 1. The molecule has 5 aliphatic rings. The molecule has 5 fully saturated rings. The summed E-state index contributed by atoms with van der Waals surface area (Å²) in [5.41, 5.74) is -1.54. The summed E-state index contributed by atoms with van der Waals surface area (Å²) in [6, 6.07) is 0. The lowest BCUT2D eigenvalue weighted by Gasteiger charge is -2.59. The predicted octanol–water partition coefficient (Wildman–Crippen LogP) is 3.80. The summed E-state index contributed by atoms with van der Waals surface area (Å²) < 4.78 is 12.0. The van der Waals surface area contributed by atoms with Gasteiger partial charge in [-0.15, -0.1) is 11.6 Å². The van der Waals surface area contributed by atoms with Crippen molar-refractivity contribution in [1.29, 1.82) is 0 Å². The second-order valence-corrected chi connectivity index (χ2v) is 11.3. The first-order valence-corrected chi connectivity index (χ1v) is 11.9. The van der Waals surface area contributed by atoms with Crippen LogP contribution in [0.5, 0.6) is 0 Å². The molecule has 9 atom stereocenters. The molecule has 1 spiro atoms. The molecule has 1 heterocycles. The van der Waals surface area contributed by atoms with Crippen molar-refractivity contribution >= 4 is 23.4 Å². The van der Waals surface area contributed by atoms with Crippen molar-refractivity contribution in [3.63, 3.8) is 0 Å². The Morgan fingerprint density at radius 2 is 1.93 bits per heavy atom. The van der Waals surface area contributed by atoms with Crippen molar-refractivity contribution in [2.24, 2.45) is 28.6 Å². The quantitative estimate of drug-likeness (QED) is 0.315. The van der Waals surface area contributed by atoms with Crippen molar-refractivity contribution in [2.75, 3.05) is 5.88 Å². The largest absolute Gasteiger partial charge is 0.462 e. The lowest BCUT2D eigenvalue weighted by Crippen LogP contribution is -2.61. The molecule has 4 saturated carbocycles. The number of hydrogen-bond acceptors (Lipinski definition) is 5. The van der Waals surface area contributed by atoms with Gasteiger partial charge < -0.3 is 14.6 Å². The fraction of sp³-hybridized carbons (Fsp3) is 0.833. The molecule has 1 aliphatic heterocycles. The van der Waals surface area contributed by atoms with Gasteiger partial charge in [-0.1, -0.05) is 20.4 Å². The van der Waals surface area contributed by atoms with Gasteiger partial charge in [-0.05, 0) is 61.9 Å². The van der Waals surface area contributed by atoms with Gasteiger partial charge in [0.1, 0.15) is 11.7 Å². The minimum absolute atomic E-state index is 0.0388. The molecule has 0 radical (unpaired) electrons. The average Bonchev–Trinajstić information content (AvgIpc) is 3.34. The van der Waals surface area contributed by atoms with Gasteiger partial charge in [-0.3, -0.25) is 9.59 Å². The second kappa shape index (κ2) is 6.32. The number of ketones is 1. The number of carbonyl (C=O) groups excluding carboxylic acids is 2. The number of carbonyl (C=O) groups is 2. The summed E-state index contributed by atoms with van der Waals surface area (Å²) in [5, 5.41) is 11.6. The maximum Gasteiger partial charge on any atom is 0.302 e. The molecule has 1 saturated heterocycles. The van der Waals surface area contributed by atoms with Gasteiger partial charge in [-0.25, -0.2) is 0 Å². The van der Waals surface area contributed by atoms with Gasteiger partial charge in [0.05, 0.1) is 12.0 Å². The highest BCUT2D eigenvalue weighted by molar-refractivity contribution is 6.29. The van der Waals surface area contributed by atoms with E-state index in [1.807, 2.05) is 0 Å². The van der Waals surface area contributed by atoms with E-state index in [9.17, 15) is 14.7 Å². The lowest BCUT2D eigenvalue weighted by atomic mass is 9.44. The highest BCUT2D eigenvalue weighted by atomic mass is 35.5. The van der Waals surface area contributed by atoms with E-state index in [0.717, 1.165) is 38.5 Å². The normalized spacial score (nSPS) is 53.8. The van der Waals surface area contributed by atoms with Crippen LogP contribution in [-0.2, 0) is 19.1 Å². The van der Waals surface area contributed by atoms with E-state index in [0.29, 0.717) is 23.8 Å². The fourth-order valence-electron chi connectivity index (χ4n) is 8.55. The van der Waals surface area contributed by atoms with E-state index in [2.05, 4.69) is 20.4 Å². The van der Waals surface area contributed by atoms with E-state index in [4.69, 9.17) is 21.1 Å². The number of rotatable bonds is 3. The molecule has 30 heavy (non-hydrogen) atoms. The monoisotopic (exact) mass is 436 g/mol. The van der Waals surface area contributed by atoms with Crippen LogP contribution < -0.4 is 0 Å². The molecule has 1 N–H and O–H groups in total. The minimum atomic E-state index is -1.52. The Labute approximate surface area is 183 Å². The third kappa shape index (κ3) is 2.32. The molecular weight excluding hydrogens is 404 g/mol. The first-order valence-electron chi connectivity index (χ1n) is 11.4. The number of halogens is 1. The Kier molecular flexibility index (Phi) is 4.42. The van der Waals surface area contributed by atoms with Gasteiger partial charge in [0.2, 0.25) is 0 Å². The van der Waals surface area contributed by atoms with Gasteiger partial charge in [-0.2, -0.15) is 0 Å². The molecule has 0 amide bonds. The molecular formula is C24H33ClO5. The van der Waals surface area contributed by atoms with Gasteiger partial charge in [0, 0.05) is 24.2 Å². The predicted molar refractivity (Wildman–Crippen MR) is 112 cm³/mol. The van der Waals surface area contributed by atoms with Crippen molar-refractivity contribution < 1.29 is 24.2 Å². The molecule has 0 aromatic heterocycles. The third-order valence-electron chi connectivity index (χ3n) is 10.1. The first kappa shape index (κ1) is 21.0. The number of esters is 1. The van der Waals surface area contributed by atoms with Gasteiger partial charge >= 0.3 is 5.97 Å². The van der Waals surface area contributed by atoms with Gasteiger partial charge in [0.15, 0.2) is 11.4 Å². The third-order valence-corrected chi connectivity index (χ3v) is 10.3. The molecule has 5 rings (SSSR count). The van der Waals surface area contributed by atoms with Gasteiger partial charge in [0.25, 0.3) is 0 Å². The summed E-state index contributed by atoms with van der Waals surface area (Å²) in [6.07, 6.45) is 6.17. The zero-order valence-electron chi connectivity index (χ0n) is 18.2. The van der Waals surface area contributed by atoms with E-state index in [1.54, 1.807) is 0 Å². The molecule has 2 unspecified atom stereocenters. The maximum atomic E-state index is 12.7. The molecule has 5 nitrogen and oxygen atoms in total. The summed E-state index contributed by atoms with van der Waals surface area (Å²) in [5.74, 6) is 0.384. The zero-order valence-corrected chi connectivity index (χ0v) is 19.0. The van der Waals surface area contributed by atoms with Crippen LogP contribution in [0.4, 0.5) is 0 Å². The van der Waals surface area contributed by atoms with Crippen LogP contribution in [0.25, 0.3) is 0 Å². The van der Waals surface area contributed by atoms with Crippen LogP contribution in [0.3, 0.4) is 0 Å². The minimum Gasteiger partial charge on any atom is -0.462 e. The van der Waals surface area contributed by atoms with Crippen molar-refractivity contribution in [1.82, 2.24) is 0 Å².